The van der Waals surface area contributed by atoms with Gasteiger partial charge in [0.1, 0.15) is 5.82 Å². The van der Waals surface area contributed by atoms with Gasteiger partial charge in [-0.05, 0) is 30.3 Å². The third-order valence-electron chi connectivity index (χ3n) is 5.63. The van der Waals surface area contributed by atoms with Gasteiger partial charge in [-0.1, -0.05) is 6.07 Å². The number of hydrogen-bond acceptors (Lipinski definition) is 4. The lowest BCUT2D eigenvalue weighted by atomic mass is 10.1. The summed E-state index contributed by atoms with van der Waals surface area (Å²) in [5.41, 5.74) is 2.22. The number of halogens is 1. The van der Waals surface area contributed by atoms with Crippen LogP contribution in [0.25, 0.3) is 0 Å². The molecule has 3 heterocycles. The van der Waals surface area contributed by atoms with Gasteiger partial charge in [-0.2, -0.15) is 0 Å². The van der Waals surface area contributed by atoms with Crippen molar-refractivity contribution in [3.63, 3.8) is 0 Å². The van der Waals surface area contributed by atoms with Crippen LogP contribution in [0.1, 0.15) is 5.69 Å². The lowest BCUT2D eigenvalue weighted by Crippen LogP contribution is -2.62. The van der Waals surface area contributed by atoms with Crippen LogP contribution in [0.4, 0.5) is 10.1 Å². The van der Waals surface area contributed by atoms with Gasteiger partial charge in [0.15, 0.2) is 0 Å². The summed E-state index contributed by atoms with van der Waals surface area (Å²) in [5, 5.41) is 0. The molecule has 0 unspecified atom stereocenters. The summed E-state index contributed by atoms with van der Waals surface area (Å²) in [4.78, 5) is 19.0. The Morgan fingerprint density at radius 3 is 2.38 bits per heavy atom. The van der Waals surface area contributed by atoms with E-state index in [0.717, 1.165) is 57.2 Å². The average Bonchev–Trinajstić information content (AvgIpc) is 2.62. The minimum atomic E-state index is -0.183. The molecule has 2 aromatic rings. The fourth-order valence-electron chi connectivity index (χ4n) is 3.89. The van der Waals surface area contributed by atoms with E-state index in [4.69, 9.17) is 0 Å². The molecule has 0 amide bonds. The van der Waals surface area contributed by atoms with E-state index in [9.17, 15) is 9.18 Å². The smallest absolute Gasteiger partial charge is 0.250 e. The molecule has 1 aromatic heterocycles. The standard InChI is InChI=1S/C20H25FN4O/c1-22-18(3-2-4-20(22)26)13-23-14-19(15-23)25-11-9-24(10-12-25)17-7-5-16(21)6-8-17/h2-8,19H,9-15H2,1H3. The zero-order valence-corrected chi connectivity index (χ0v) is 15.1. The monoisotopic (exact) mass is 356 g/mol. The lowest BCUT2D eigenvalue weighted by Gasteiger charge is -2.48. The SMILES string of the molecule is Cn1c(CN2CC(N3CCN(c4ccc(F)cc4)CC3)C2)cccc1=O. The summed E-state index contributed by atoms with van der Waals surface area (Å²) >= 11 is 0. The van der Waals surface area contributed by atoms with Crippen molar-refractivity contribution < 1.29 is 4.39 Å². The number of benzene rings is 1. The highest BCUT2D eigenvalue weighted by Crippen LogP contribution is 2.22. The third kappa shape index (κ3) is 3.52. The molecular formula is C20H25FN4O. The van der Waals surface area contributed by atoms with Gasteiger partial charge >= 0.3 is 0 Å². The highest BCUT2D eigenvalue weighted by Gasteiger charge is 2.33. The van der Waals surface area contributed by atoms with Crippen molar-refractivity contribution in [3.8, 4) is 0 Å². The fourth-order valence-corrected chi connectivity index (χ4v) is 3.89. The maximum atomic E-state index is 13.1. The van der Waals surface area contributed by atoms with Gasteiger partial charge in [0, 0.05) is 76.4 Å². The first kappa shape index (κ1) is 17.2. The molecule has 4 rings (SSSR count). The van der Waals surface area contributed by atoms with Gasteiger partial charge < -0.3 is 9.47 Å². The lowest BCUT2D eigenvalue weighted by molar-refractivity contribution is 0.0242. The van der Waals surface area contributed by atoms with Crippen molar-refractivity contribution in [2.24, 2.45) is 7.05 Å². The molecule has 0 N–H and O–H groups in total. The molecule has 5 nitrogen and oxygen atoms in total. The number of hydrogen-bond donors (Lipinski definition) is 0. The maximum Gasteiger partial charge on any atom is 0.250 e. The average molecular weight is 356 g/mol. The second-order valence-electron chi connectivity index (χ2n) is 7.26. The van der Waals surface area contributed by atoms with E-state index >= 15 is 0 Å². The number of rotatable bonds is 4. The van der Waals surface area contributed by atoms with Crippen LogP contribution in [0.2, 0.25) is 0 Å². The molecule has 138 valence electrons. The van der Waals surface area contributed by atoms with Crippen LogP contribution in [-0.4, -0.2) is 59.7 Å². The quantitative estimate of drug-likeness (QED) is 0.832. The Balaban J connectivity index is 1.26. The molecule has 2 aliphatic rings. The largest absolute Gasteiger partial charge is 0.369 e. The number of piperazine rings is 1. The van der Waals surface area contributed by atoms with E-state index in [-0.39, 0.29) is 11.4 Å². The summed E-state index contributed by atoms with van der Waals surface area (Å²) in [5.74, 6) is -0.183. The minimum Gasteiger partial charge on any atom is -0.369 e. The summed E-state index contributed by atoms with van der Waals surface area (Å²) in [6.45, 7) is 6.99. The molecule has 0 bridgehead atoms. The molecule has 0 spiro atoms. The Bertz CT molecular complexity index is 805. The Kier molecular flexibility index (Phi) is 4.78. The van der Waals surface area contributed by atoms with Gasteiger partial charge in [0.25, 0.3) is 0 Å². The van der Waals surface area contributed by atoms with E-state index in [1.165, 1.54) is 12.1 Å². The first-order chi connectivity index (χ1) is 12.6. The van der Waals surface area contributed by atoms with Crippen LogP contribution in [0.15, 0.2) is 47.3 Å². The second-order valence-corrected chi connectivity index (χ2v) is 7.26. The first-order valence-electron chi connectivity index (χ1n) is 9.22. The van der Waals surface area contributed by atoms with Crippen molar-refractivity contribution in [3.05, 3.63) is 64.3 Å². The van der Waals surface area contributed by atoms with Gasteiger partial charge in [-0.3, -0.25) is 14.6 Å². The molecule has 0 radical (unpaired) electrons. The molecule has 1 aromatic carbocycles. The zero-order valence-electron chi connectivity index (χ0n) is 15.1. The second kappa shape index (κ2) is 7.21. The molecule has 0 aliphatic carbocycles. The molecule has 2 saturated heterocycles. The van der Waals surface area contributed by atoms with Crippen LogP contribution in [-0.2, 0) is 13.6 Å². The molecule has 0 atom stereocenters. The van der Waals surface area contributed by atoms with E-state index in [2.05, 4.69) is 14.7 Å². The topological polar surface area (TPSA) is 31.7 Å². The fraction of sp³-hybridized carbons (Fsp3) is 0.450. The summed E-state index contributed by atoms with van der Waals surface area (Å²) in [6.07, 6.45) is 0. The number of aromatic nitrogens is 1. The number of nitrogens with zero attached hydrogens (tertiary/aromatic N) is 4. The first-order valence-corrected chi connectivity index (χ1v) is 9.22. The van der Waals surface area contributed by atoms with Gasteiger partial charge in [0.05, 0.1) is 0 Å². The maximum absolute atomic E-state index is 13.1. The van der Waals surface area contributed by atoms with Gasteiger partial charge in [0.2, 0.25) is 5.56 Å². The molecule has 2 fully saturated rings. The van der Waals surface area contributed by atoms with Crippen molar-refractivity contribution in [1.82, 2.24) is 14.4 Å². The van der Waals surface area contributed by atoms with Gasteiger partial charge in [-0.25, -0.2) is 4.39 Å². The predicted octanol–water partition coefficient (Wildman–Crippen LogP) is 1.53. The van der Waals surface area contributed by atoms with Crippen LogP contribution in [0.5, 0.6) is 0 Å². The molecular weight excluding hydrogens is 331 g/mol. The van der Waals surface area contributed by atoms with E-state index in [0.29, 0.717) is 6.04 Å². The molecule has 26 heavy (non-hydrogen) atoms. The van der Waals surface area contributed by atoms with Crippen LogP contribution < -0.4 is 10.5 Å². The minimum absolute atomic E-state index is 0.0523. The van der Waals surface area contributed by atoms with Crippen molar-refractivity contribution >= 4 is 5.69 Å². The molecule has 6 heteroatoms. The zero-order chi connectivity index (χ0) is 18.1. The van der Waals surface area contributed by atoms with Crippen molar-refractivity contribution in [1.29, 1.82) is 0 Å². The highest BCUT2D eigenvalue weighted by molar-refractivity contribution is 5.46. The van der Waals surface area contributed by atoms with Crippen molar-refractivity contribution in [2.75, 3.05) is 44.2 Å². The molecule has 2 aliphatic heterocycles. The van der Waals surface area contributed by atoms with E-state index in [1.54, 1.807) is 10.6 Å². The number of pyridine rings is 1. The normalized spacial score (nSPS) is 19.5. The summed E-state index contributed by atoms with van der Waals surface area (Å²) in [7, 11) is 1.84. The highest BCUT2D eigenvalue weighted by atomic mass is 19.1. The van der Waals surface area contributed by atoms with Crippen LogP contribution in [0, 0.1) is 5.82 Å². The Morgan fingerprint density at radius 2 is 1.69 bits per heavy atom. The third-order valence-corrected chi connectivity index (χ3v) is 5.63. The van der Waals surface area contributed by atoms with Crippen LogP contribution in [0.3, 0.4) is 0 Å². The number of anilines is 1. The molecule has 0 saturated carbocycles. The van der Waals surface area contributed by atoms with Gasteiger partial charge in [-0.15, -0.1) is 0 Å². The Labute approximate surface area is 153 Å². The Morgan fingerprint density at radius 1 is 1.00 bits per heavy atom. The van der Waals surface area contributed by atoms with E-state index < -0.39 is 0 Å². The van der Waals surface area contributed by atoms with Crippen LogP contribution >= 0.6 is 0 Å². The summed E-state index contributed by atoms with van der Waals surface area (Å²) in [6, 6.07) is 12.8. The Hall–Kier alpha value is -2.18. The van der Waals surface area contributed by atoms with Crippen molar-refractivity contribution in [2.45, 2.75) is 12.6 Å². The number of likely N-dealkylation sites (tertiary alicyclic amines) is 1. The summed E-state index contributed by atoms with van der Waals surface area (Å²) < 4.78 is 14.8. The van der Waals surface area contributed by atoms with E-state index in [1.807, 2.05) is 31.3 Å². The predicted molar refractivity (Wildman–Crippen MR) is 101 cm³/mol.